The lowest BCUT2D eigenvalue weighted by Crippen LogP contribution is -2.54. The van der Waals surface area contributed by atoms with E-state index in [2.05, 4.69) is 10.0 Å². The lowest BCUT2D eigenvalue weighted by atomic mass is 9.99. The number of benzene rings is 2. The molecule has 2 aromatic rings. The van der Waals surface area contributed by atoms with Gasteiger partial charge in [0, 0.05) is 12.6 Å². The highest BCUT2D eigenvalue weighted by Gasteiger charge is 2.40. The van der Waals surface area contributed by atoms with E-state index in [0.29, 0.717) is 24.8 Å². The van der Waals surface area contributed by atoms with Crippen LogP contribution in [-0.4, -0.2) is 85.3 Å². The number of carboxylic acid groups (broad SMARTS) is 1. The quantitative estimate of drug-likeness (QED) is 0.197. The van der Waals surface area contributed by atoms with Crippen LogP contribution in [0.3, 0.4) is 0 Å². The fourth-order valence-corrected chi connectivity index (χ4v) is 6.07. The maximum absolute atomic E-state index is 13.6. The fourth-order valence-electron chi connectivity index (χ4n) is 4.85. The first kappa shape index (κ1) is 28.5. The molecule has 2 atom stereocenters. The van der Waals surface area contributed by atoms with Gasteiger partial charge in [-0.05, 0) is 67.6 Å². The summed E-state index contributed by atoms with van der Waals surface area (Å²) in [5.74, 6) is -3.20. The monoisotopic (exact) mass is 558 g/mol. The number of carbonyl (C=O) groups is 3. The number of carboxylic acids is 1. The van der Waals surface area contributed by atoms with Gasteiger partial charge in [-0.25, -0.2) is 8.42 Å². The summed E-state index contributed by atoms with van der Waals surface area (Å²) in [5.41, 5.74) is 5.72. The predicted molar refractivity (Wildman–Crippen MR) is 144 cm³/mol. The molecule has 0 aromatic heterocycles. The minimum Gasteiger partial charge on any atom is -0.480 e. The second kappa shape index (κ2) is 12.1. The van der Waals surface area contributed by atoms with Gasteiger partial charge < -0.3 is 21.1 Å². The zero-order valence-corrected chi connectivity index (χ0v) is 22.3. The maximum atomic E-state index is 13.6. The highest BCUT2D eigenvalue weighted by atomic mass is 32.2. The minimum absolute atomic E-state index is 0.0463. The Kier molecular flexibility index (Phi) is 8.83. The van der Waals surface area contributed by atoms with Gasteiger partial charge in [-0.15, -0.1) is 0 Å². The van der Waals surface area contributed by atoms with Crippen LogP contribution in [0.15, 0.2) is 47.4 Å². The molecule has 2 fully saturated rings. The predicted octanol–water partition coefficient (Wildman–Crippen LogP) is 0.674. The van der Waals surface area contributed by atoms with E-state index in [1.165, 1.54) is 12.1 Å². The molecule has 1 saturated heterocycles. The van der Waals surface area contributed by atoms with Gasteiger partial charge in [-0.1, -0.05) is 30.3 Å². The van der Waals surface area contributed by atoms with Crippen LogP contribution in [0.1, 0.15) is 32.1 Å². The van der Waals surface area contributed by atoms with Crippen molar-refractivity contribution in [1.82, 2.24) is 19.8 Å². The number of aliphatic carboxylic acids is 1. The molecule has 2 aliphatic rings. The van der Waals surface area contributed by atoms with E-state index in [9.17, 15) is 27.9 Å². The lowest BCUT2D eigenvalue weighted by molar-refractivity contribution is -0.146. The average Bonchev–Trinajstić information content (AvgIpc) is 3.75. The van der Waals surface area contributed by atoms with Gasteiger partial charge in [-0.2, -0.15) is 4.72 Å². The summed E-state index contributed by atoms with van der Waals surface area (Å²) in [6.45, 7) is 1.04. The van der Waals surface area contributed by atoms with Gasteiger partial charge >= 0.3 is 5.97 Å². The van der Waals surface area contributed by atoms with Crippen molar-refractivity contribution in [2.75, 3.05) is 26.2 Å². The van der Waals surface area contributed by atoms with Gasteiger partial charge in [0.1, 0.15) is 12.6 Å². The van der Waals surface area contributed by atoms with Crippen molar-refractivity contribution in [3.63, 3.8) is 0 Å². The second-order valence-electron chi connectivity index (χ2n) is 10.1. The number of piperidine rings is 1. The van der Waals surface area contributed by atoms with Crippen molar-refractivity contribution >= 4 is 44.5 Å². The van der Waals surface area contributed by atoms with E-state index in [-0.39, 0.29) is 23.4 Å². The van der Waals surface area contributed by atoms with E-state index in [4.69, 9.17) is 11.1 Å². The van der Waals surface area contributed by atoms with Gasteiger partial charge in [0.2, 0.25) is 21.8 Å². The number of rotatable bonds is 11. The Morgan fingerprint density at radius 2 is 1.85 bits per heavy atom. The summed E-state index contributed by atoms with van der Waals surface area (Å²) >= 11 is 0. The first-order chi connectivity index (χ1) is 18.5. The number of fused-ring (bicyclic) bond motifs is 1. The van der Waals surface area contributed by atoms with E-state index in [1.54, 1.807) is 18.2 Å². The highest BCUT2D eigenvalue weighted by Crippen LogP contribution is 2.28. The van der Waals surface area contributed by atoms with Gasteiger partial charge in [0.05, 0.1) is 11.3 Å². The molecule has 2 aromatic carbocycles. The maximum Gasteiger partial charge on any atom is 0.323 e. The third-order valence-electron chi connectivity index (χ3n) is 7.01. The van der Waals surface area contributed by atoms with Crippen molar-refractivity contribution in [1.29, 1.82) is 5.41 Å². The molecule has 2 amide bonds. The van der Waals surface area contributed by atoms with Crippen LogP contribution in [-0.2, 0) is 24.4 Å². The first-order valence-electron chi connectivity index (χ1n) is 12.9. The Morgan fingerprint density at radius 3 is 2.46 bits per heavy atom. The Hall–Kier alpha value is -3.55. The number of nitrogens with zero attached hydrogens (tertiary/aromatic N) is 2. The molecule has 1 aliphatic heterocycles. The Bertz CT molecular complexity index is 1360. The number of nitrogens with two attached hydrogens (primary N) is 1. The third-order valence-corrected chi connectivity index (χ3v) is 8.48. The summed E-state index contributed by atoms with van der Waals surface area (Å²) in [5, 5.41) is 22.1. The molecule has 1 aliphatic carbocycles. The molecule has 0 unspecified atom stereocenters. The molecule has 12 nitrogen and oxygen atoms in total. The SMILES string of the molecule is N=C(N)N(C[C@H]1CCCNC1)C(=O)C[C@H](NS(=O)(=O)c1ccc2ccccc2c1)C(=O)N(CC(=O)O)C1CC1. The van der Waals surface area contributed by atoms with Gasteiger partial charge in [0.15, 0.2) is 5.96 Å². The van der Waals surface area contributed by atoms with Crippen LogP contribution in [0.2, 0.25) is 0 Å². The Balaban J connectivity index is 1.61. The lowest BCUT2D eigenvalue weighted by Gasteiger charge is -2.31. The molecule has 4 rings (SSSR count). The first-order valence-corrected chi connectivity index (χ1v) is 14.4. The number of nitrogens with one attached hydrogen (secondary N) is 3. The van der Waals surface area contributed by atoms with Gasteiger partial charge in [0.25, 0.3) is 0 Å². The number of guanidine groups is 1. The van der Waals surface area contributed by atoms with Crippen molar-refractivity contribution < 1.29 is 27.9 Å². The zero-order valence-electron chi connectivity index (χ0n) is 21.5. The molecule has 0 spiro atoms. The summed E-state index contributed by atoms with van der Waals surface area (Å²) in [6.07, 6.45) is 2.29. The highest BCUT2D eigenvalue weighted by molar-refractivity contribution is 7.89. The van der Waals surface area contributed by atoms with E-state index >= 15 is 0 Å². The van der Waals surface area contributed by atoms with Crippen molar-refractivity contribution in [3.8, 4) is 0 Å². The molecular weight excluding hydrogens is 524 g/mol. The molecule has 1 saturated carbocycles. The summed E-state index contributed by atoms with van der Waals surface area (Å²) in [7, 11) is -4.29. The molecule has 0 bridgehead atoms. The van der Waals surface area contributed by atoms with Crippen molar-refractivity contribution in [2.24, 2.45) is 11.7 Å². The summed E-state index contributed by atoms with van der Waals surface area (Å²) in [6, 6.07) is 9.78. The van der Waals surface area contributed by atoms with Crippen molar-refractivity contribution in [3.05, 3.63) is 42.5 Å². The third kappa shape index (κ3) is 7.31. The number of amides is 2. The summed E-state index contributed by atoms with van der Waals surface area (Å²) in [4.78, 5) is 40.5. The number of hydrogen-bond donors (Lipinski definition) is 5. The Morgan fingerprint density at radius 1 is 1.13 bits per heavy atom. The van der Waals surface area contributed by atoms with Crippen LogP contribution >= 0.6 is 0 Å². The molecule has 6 N–H and O–H groups in total. The smallest absolute Gasteiger partial charge is 0.323 e. The molecule has 13 heteroatoms. The molecular formula is C26H34N6O6S. The number of hydrogen-bond acceptors (Lipinski definition) is 7. The van der Waals surface area contributed by atoms with Gasteiger partial charge in [-0.3, -0.25) is 24.7 Å². The molecule has 0 radical (unpaired) electrons. The standard InChI is InChI=1S/C26H34N6O6S/c27-26(28)32(15-17-4-3-11-29-14-17)23(33)13-22(25(36)31(16-24(34)35)20-8-9-20)30-39(37,38)21-10-7-18-5-1-2-6-19(18)12-21/h1-2,5-7,10,12,17,20,22,29-30H,3-4,8-9,11,13-16H2,(H3,27,28)(H,34,35)/t17-,22-/m0/s1. The zero-order chi connectivity index (χ0) is 28.2. The van der Waals surface area contributed by atoms with Crippen molar-refractivity contribution in [2.45, 2.75) is 49.1 Å². The fraction of sp³-hybridized carbons (Fsp3) is 0.462. The van der Waals surface area contributed by atoms with E-state index in [0.717, 1.165) is 34.6 Å². The van der Waals surface area contributed by atoms with Crippen LogP contribution in [0.5, 0.6) is 0 Å². The normalized spacial score (nSPS) is 18.3. The molecule has 1 heterocycles. The topological polar surface area (TPSA) is 186 Å². The average molecular weight is 559 g/mol. The second-order valence-corrected chi connectivity index (χ2v) is 11.8. The molecule has 39 heavy (non-hydrogen) atoms. The van der Waals surface area contributed by atoms with Crippen LogP contribution in [0.25, 0.3) is 10.8 Å². The van der Waals surface area contributed by atoms with Crippen LogP contribution < -0.4 is 15.8 Å². The van der Waals surface area contributed by atoms with E-state index < -0.39 is 52.8 Å². The van der Waals surface area contributed by atoms with E-state index in [1.807, 2.05) is 12.1 Å². The summed E-state index contributed by atoms with van der Waals surface area (Å²) < 4.78 is 29.2. The minimum atomic E-state index is -4.29. The number of carbonyl (C=O) groups excluding carboxylic acids is 2. The number of sulfonamides is 1. The van der Waals surface area contributed by atoms with Crippen LogP contribution in [0.4, 0.5) is 0 Å². The van der Waals surface area contributed by atoms with Crippen LogP contribution in [0, 0.1) is 11.3 Å². The largest absolute Gasteiger partial charge is 0.480 e. The Labute approximate surface area is 227 Å². The molecule has 210 valence electrons.